The Kier molecular flexibility index (Phi) is 3.93. The molecule has 0 aromatic carbocycles. The van der Waals surface area contributed by atoms with E-state index in [4.69, 9.17) is 0 Å². The van der Waals surface area contributed by atoms with E-state index in [1.807, 2.05) is 0 Å². The zero-order valence-electron chi connectivity index (χ0n) is 11.1. The van der Waals surface area contributed by atoms with E-state index in [1.54, 1.807) is 6.92 Å². The van der Waals surface area contributed by atoms with Crippen molar-refractivity contribution in [2.75, 3.05) is 0 Å². The zero-order valence-corrected chi connectivity index (χ0v) is 11.1. The van der Waals surface area contributed by atoms with Crippen LogP contribution >= 0.6 is 0 Å². The first kappa shape index (κ1) is 13.4. The second-order valence-corrected chi connectivity index (χ2v) is 6.01. The van der Waals surface area contributed by atoms with Crippen LogP contribution in [0, 0.1) is 11.3 Å². The topological polar surface area (TPSA) is 66.4 Å². The summed E-state index contributed by atoms with van der Waals surface area (Å²) in [7, 11) is 0. The van der Waals surface area contributed by atoms with Crippen LogP contribution in [-0.4, -0.2) is 23.0 Å². The first-order valence-electron chi connectivity index (χ1n) is 7.08. The second kappa shape index (κ2) is 5.29. The number of carbonyl (C=O) groups is 2. The summed E-state index contributed by atoms with van der Waals surface area (Å²) in [5, 5.41) is 12.3. The fraction of sp³-hybridized carbons (Fsp3) is 0.857. The molecule has 0 spiro atoms. The fourth-order valence-corrected chi connectivity index (χ4v) is 3.31. The van der Waals surface area contributed by atoms with Gasteiger partial charge < -0.3 is 10.4 Å². The van der Waals surface area contributed by atoms with E-state index < -0.39 is 11.4 Å². The number of carboxylic acids is 1. The van der Waals surface area contributed by atoms with Gasteiger partial charge in [0.2, 0.25) is 5.91 Å². The van der Waals surface area contributed by atoms with Crippen LogP contribution in [0.3, 0.4) is 0 Å². The predicted octanol–water partition coefficient (Wildman–Crippen LogP) is 2.33. The fourth-order valence-electron chi connectivity index (χ4n) is 3.31. The summed E-state index contributed by atoms with van der Waals surface area (Å²) in [6.07, 6.45) is 7.74. The molecule has 0 heterocycles. The van der Waals surface area contributed by atoms with E-state index in [9.17, 15) is 14.7 Å². The first-order valence-corrected chi connectivity index (χ1v) is 7.08. The number of amides is 1. The molecule has 2 aliphatic rings. The maximum absolute atomic E-state index is 12.2. The standard InChI is InChI=1S/C14H23NO3/c1-14(13(17)18)9-5-8-11(14)15-12(16)10-6-3-2-4-7-10/h10-11H,2-9H2,1H3,(H,15,16)(H,17,18). The summed E-state index contributed by atoms with van der Waals surface area (Å²) in [6.45, 7) is 1.76. The third-order valence-electron chi connectivity index (χ3n) is 4.74. The van der Waals surface area contributed by atoms with Gasteiger partial charge in [0.05, 0.1) is 5.41 Å². The molecule has 0 saturated heterocycles. The Morgan fingerprint density at radius 3 is 2.39 bits per heavy atom. The molecule has 2 N–H and O–H groups in total. The summed E-state index contributed by atoms with van der Waals surface area (Å²) in [5.74, 6) is -0.597. The van der Waals surface area contributed by atoms with Gasteiger partial charge in [-0.15, -0.1) is 0 Å². The van der Waals surface area contributed by atoms with Gasteiger partial charge in [0.15, 0.2) is 0 Å². The Morgan fingerprint density at radius 2 is 1.78 bits per heavy atom. The molecule has 0 aromatic heterocycles. The van der Waals surface area contributed by atoms with Crippen molar-refractivity contribution in [1.82, 2.24) is 5.32 Å². The van der Waals surface area contributed by atoms with Gasteiger partial charge in [0.25, 0.3) is 0 Å². The highest BCUT2D eigenvalue weighted by molar-refractivity contribution is 5.81. The minimum Gasteiger partial charge on any atom is -0.481 e. The van der Waals surface area contributed by atoms with Crippen LogP contribution in [0.5, 0.6) is 0 Å². The van der Waals surface area contributed by atoms with Gasteiger partial charge in [0, 0.05) is 12.0 Å². The molecule has 2 rings (SSSR count). The molecule has 4 heteroatoms. The molecule has 0 bridgehead atoms. The van der Waals surface area contributed by atoms with Gasteiger partial charge in [-0.2, -0.15) is 0 Å². The van der Waals surface area contributed by atoms with Gasteiger partial charge >= 0.3 is 5.97 Å². The van der Waals surface area contributed by atoms with Crippen LogP contribution in [0.15, 0.2) is 0 Å². The van der Waals surface area contributed by atoms with E-state index in [0.717, 1.165) is 38.5 Å². The summed E-state index contributed by atoms with van der Waals surface area (Å²) >= 11 is 0. The maximum Gasteiger partial charge on any atom is 0.311 e. The highest BCUT2D eigenvalue weighted by Gasteiger charge is 2.46. The lowest BCUT2D eigenvalue weighted by molar-refractivity contribution is -0.149. The van der Waals surface area contributed by atoms with Crippen molar-refractivity contribution in [3.05, 3.63) is 0 Å². The summed E-state index contributed by atoms with van der Waals surface area (Å²) in [5.41, 5.74) is -0.773. The molecule has 102 valence electrons. The van der Waals surface area contributed by atoms with Crippen LogP contribution < -0.4 is 5.32 Å². The molecule has 2 aliphatic carbocycles. The van der Waals surface area contributed by atoms with Crippen molar-refractivity contribution in [3.8, 4) is 0 Å². The zero-order chi connectivity index (χ0) is 13.2. The number of aliphatic carboxylic acids is 1. The predicted molar refractivity (Wildman–Crippen MR) is 68.1 cm³/mol. The highest BCUT2D eigenvalue weighted by Crippen LogP contribution is 2.38. The number of hydrogen-bond donors (Lipinski definition) is 2. The van der Waals surface area contributed by atoms with Crippen molar-refractivity contribution >= 4 is 11.9 Å². The Balaban J connectivity index is 1.95. The van der Waals surface area contributed by atoms with Gasteiger partial charge in [-0.1, -0.05) is 25.7 Å². The molecule has 2 fully saturated rings. The third-order valence-corrected chi connectivity index (χ3v) is 4.74. The molecule has 0 aromatic rings. The Morgan fingerprint density at radius 1 is 1.11 bits per heavy atom. The Hall–Kier alpha value is -1.06. The van der Waals surface area contributed by atoms with E-state index in [2.05, 4.69) is 5.32 Å². The highest BCUT2D eigenvalue weighted by atomic mass is 16.4. The van der Waals surface area contributed by atoms with E-state index >= 15 is 0 Å². The number of rotatable bonds is 3. The van der Waals surface area contributed by atoms with E-state index in [0.29, 0.717) is 6.42 Å². The van der Waals surface area contributed by atoms with Crippen LogP contribution in [0.25, 0.3) is 0 Å². The summed E-state index contributed by atoms with van der Waals surface area (Å²) in [6, 6.07) is -0.190. The van der Waals surface area contributed by atoms with Gasteiger partial charge in [-0.3, -0.25) is 9.59 Å². The van der Waals surface area contributed by atoms with E-state index in [-0.39, 0.29) is 17.9 Å². The maximum atomic E-state index is 12.2. The van der Waals surface area contributed by atoms with Crippen LogP contribution in [0.2, 0.25) is 0 Å². The van der Waals surface area contributed by atoms with Crippen molar-refractivity contribution in [1.29, 1.82) is 0 Å². The van der Waals surface area contributed by atoms with Gasteiger partial charge in [-0.05, 0) is 32.6 Å². The Bertz CT molecular complexity index is 336. The largest absolute Gasteiger partial charge is 0.481 e. The SMILES string of the molecule is CC1(C(=O)O)CCCC1NC(=O)C1CCCCC1. The van der Waals surface area contributed by atoms with Gasteiger partial charge in [0.1, 0.15) is 0 Å². The molecule has 2 saturated carbocycles. The Labute approximate surface area is 108 Å². The van der Waals surface area contributed by atoms with Crippen molar-refractivity contribution in [3.63, 3.8) is 0 Å². The van der Waals surface area contributed by atoms with Gasteiger partial charge in [-0.25, -0.2) is 0 Å². The van der Waals surface area contributed by atoms with Crippen molar-refractivity contribution in [2.45, 2.75) is 64.3 Å². The quantitative estimate of drug-likeness (QED) is 0.811. The summed E-state index contributed by atoms with van der Waals surface area (Å²) in [4.78, 5) is 23.5. The molecule has 1 amide bonds. The smallest absolute Gasteiger partial charge is 0.311 e. The average Bonchev–Trinajstić information content (AvgIpc) is 2.73. The van der Waals surface area contributed by atoms with Crippen molar-refractivity contribution in [2.24, 2.45) is 11.3 Å². The molecule has 0 aliphatic heterocycles. The van der Waals surface area contributed by atoms with Crippen LogP contribution in [0.1, 0.15) is 58.3 Å². The monoisotopic (exact) mass is 253 g/mol. The number of nitrogens with one attached hydrogen (secondary N) is 1. The number of hydrogen-bond acceptors (Lipinski definition) is 2. The minimum atomic E-state index is -0.783. The molecule has 18 heavy (non-hydrogen) atoms. The molecular weight excluding hydrogens is 230 g/mol. The van der Waals surface area contributed by atoms with Crippen LogP contribution in [-0.2, 0) is 9.59 Å². The molecule has 0 radical (unpaired) electrons. The van der Waals surface area contributed by atoms with E-state index in [1.165, 1.54) is 6.42 Å². The number of carboxylic acid groups (broad SMARTS) is 1. The molecule has 4 nitrogen and oxygen atoms in total. The molecule has 2 atom stereocenters. The summed E-state index contributed by atoms with van der Waals surface area (Å²) < 4.78 is 0. The lowest BCUT2D eigenvalue weighted by Crippen LogP contribution is -2.48. The van der Waals surface area contributed by atoms with Crippen molar-refractivity contribution < 1.29 is 14.7 Å². The average molecular weight is 253 g/mol. The minimum absolute atomic E-state index is 0.0778. The third kappa shape index (κ3) is 2.52. The second-order valence-electron chi connectivity index (χ2n) is 6.01. The van der Waals surface area contributed by atoms with Crippen LogP contribution in [0.4, 0.5) is 0 Å². The lowest BCUT2D eigenvalue weighted by atomic mass is 9.83. The lowest BCUT2D eigenvalue weighted by Gasteiger charge is -2.30. The molecular formula is C14H23NO3. The number of carbonyl (C=O) groups excluding carboxylic acids is 1. The normalized spacial score (nSPS) is 33.3. The molecule has 2 unspecified atom stereocenters. The first-order chi connectivity index (χ1) is 8.54.